The van der Waals surface area contributed by atoms with Gasteiger partial charge in [-0.1, -0.05) is 18.6 Å². The van der Waals surface area contributed by atoms with Gasteiger partial charge in [-0.05, 0) is 43.2 Å². The Morgan fingerprint density at radius 1 is 1.13 bits per heavy atom. The van der Waals surface area contributed by atoms with E-state index in [9.17, 15) is 4.79 Å². The number of nitrogens with one attached hydrogen (secondary N) is 2. The lowest BCUT2D eigenvalue weighted by atomic mass is 9.89. The highest BCUT2D eigenvalue weighted by molar-refractivity contribution is 6.00. The number of carbonyl (C=O) groups excluding carboxylic acids is 1. The van der Waals surface area contributed by atoms with Crippen molar-refractivity contribution in [2.75, 3.05) is 25.5 Å². The molecule has 0 atom stereocenters. The van der Waals surface area contributed by atoms with E-state index in [4.69, 9.17) is 9.47 Å². The summed E-state index contributed by atoms with van der Waals surface area (Å²) < 4.78 is 12.6. The van der Waals surface area contributed by atoms with Crippen LogP contribution >= 0.6 is 0 Å². The number of carbonyl (C=O) groups is 1. The molecule has 0 bridgehead atoms. The van der Waals surface area contributed by atoms with Crippen LogP contribution in [0.2, 0.25) is 0 Å². The molecule has 0 radical (unpaired) electrons. The molecule has 6 heteroatoms. The van der Waals surface area contributed by atoms with Gasteiger partial charge in [0.25, 0.3) is 5.91 Å². The van der Waals surface area contributed by atoms with Gasteiger partial charge in [0, 0.05) is 50.3 Å². The van der Waals surface area contributed by atoms with Crippen molar-refractivity contribution in [3.05, 3.63) is 53.6 Å². The molecule has 5 rings (SSSR count). The van der Waals surface area contributed by atoms with Gasteiger partial charge in [-0.3, -0.25) is 9.69 Å². The topological polar surface area (TPSA) is 62.8 Å². The molecule has 6 nitrogen and oxygen atoms in total. The molecule has 2 aliphatic heterocycles. The van der Waals surface area contributed by atoms with E-state index in [2.05, 4.69) is 15.5 Å². The van der Waals surface area contributed by atoms with E-state index in [0.29, 0.717) is 12.2 Å². The van der Waals surface area contributed by atoms with E-state index in [-0.39, 0.29) is 5.91 Å². The van der Waals surface area contributed by atoms with Crippen molar-refractivity contribution in [1.82, 2.24) is 10.2 Å². The van der Waals surface area contributed by atoms with Crippen molar-refractivity contribution >= 4 is 17.3 Å². The lowest BCUT2D eigenvalue weighted by Crippen LogP contribution is -2.54. The summed E-state index contributed by atoms with van der Waals surface area (Å²) in [7, 11) is 1.64. The van der Waals surface area contributed by atoms with Gasteiger partial charge in [-0.25, -0.2) is 0 Å². The van der Waals surface area contributed by atoms with E-state index in [0.717, 1.165) is 54.7 Å². The van der Waals surface area contributed by atoms with E-state index >= 15 is 0 Å². The second-order valence-corrected chi connectivity index (χ2v) is 8.49. The Morgan fingerprint density at radius 2 is 1.93 bits per heavy atom. The summed E-state index contributed by atoms with van der Waals surface area (Å²) in [6.45, 7) is 2.65. The predicted molar refractivity (Wildman–Crippen MR) is 116 cm³/mol. The first-order chi connectivity index (χ1) is 14.7. The molecule has 1 saturated heterocycles. The van der Waals surface area contributed by atoms with Crippen molar-refractivity contribution < 1.29 is 14.3 Å². The van der Waals surface area contributed by atoms with Crippen LogP contribution in [0.1, 0.15) is 48.0 Å². The van der Waals surface area contributed by atoms with Crippen molar-refractivity contribution in [3.63, 3.8) is 0 Å². The third-order valence-electron chi connectivity index (χ3n) is 6.68. The maximum atomic E-state index is 12.1. The fraction of sp³-hybridized carbons (Fsp3) is 0.458. The van der Waals surface area contributed by atoms with Crippen LogP contribution in [-0.2, 0) is 11.3 Å². The monoisotopic (exact) mass is 407 g/mol. The highest BCUT2D eigenvalue weighted by atomic mass is 16.7. The zero-order chi connectivity index (χ0) is 20.6. The van der Waals surface area contributed by atoms with E-state index in [1.54, 1.807) is 7.05 Å². The number of hydrogen-bond acceptors (Lipinski definition) is 5. The average Bonchev–Trinajstić information content (AvgIpc) is 2.74. The van der Waals surface area contributed by atoms with Crippen LogP contribution in [0.3, 0.4) is 0 Å². The molecule has 3 aliphatic rings. The number of likely N-dealkylation sites (tertiary alicyclic amines) is 1. The standard InChI is InChI=1S/C24H29N3O3/c1-25-23(28)20-7-2-3-8-21(20)26-18-9-10-22-17(15-18)16-29-24(30-22)11-13-27(14-12-24)19-5-4-6-19/h2-3,7-10,15,19,26H,4-6,11-14,16H2,1H3,(H,25,28). The number of benzene rings is 2. The minimum atomic E-state index is -0.478. The van der Waals surface area contributed by atoms with Crippen LogP contribution < -0.4 is 15.4 Å². The zero-order valence-electron chi connectivity index (χ0n) is 17.4. The molecule has 2 aromatic carbocycles. The van der Waals surface area contributed by atoms with Crippen LogP contribution in [0.5, 0.6) is 5.75 Å². The molecule has 1 spiro atoms. The minimum absolute atomic E-state index is 0.113. The normalized spacial score (nSPS) is 20.7. The molecule has 30 heavy (non-hydrogen) atoms. The lowest BCUT2D eigenvalue weighted by molar-refractivity contribution is -0.231. The first kappa shape index (κ1) is 19.4. The average molecular weight is 408 g/mol. The molecule has 1 amide bonds. The highest BCUT2D eigenvalue weighted by Gasteiger charge is 2.42. The molecule has 0 aromatic heterocycles. The van der Waals surface area contributed by atoms with Gasteiger partial charge in [-0.2, -0.15) is 0 Å². The minimum Gasteiger partial charge on any atom is -0.462 e. The van der Waals surface area contributed by atoms with Gasteiger partial charge < -0.3 is 20.1 Å². The Hall–Kier alpha value is -2.57. The van der Waals surface area contributed by atoms with Crippen LogP contribution in [0.15, 0.2) is 42.5 Å². The smallest absolute Gasteiger partial charge is 0.253 e. The van der Waals surface area contributed by atoms with Gasteiger partial charge in [0.15, 0.2) is 0 Å². The fourth-order valence-corrected chi connectivity index (χ4v) is 4.62. The molecule has 2 fully saturated rings. The second kappa shape index (κ2) is 7.93. The molecule has 0 unspecified atom stereocenters. The highest BCUT2D eigenvalue weighted by Crippen LogP contribution is 2.40. The van der Waals surface area contributed by atoms with Crippen LogP contribution in [-0.4, -0.2) is 42.8 Å². The maximum absolute atomic E-state index is 12.1. The summed E-state index contributed by atoms with van der Waals surface area (Å²) in [5, 5.41) is 6.05. The number of nitrogens with zero attached hydrogens (tertiary/aromatic N) is 1. The molecular formula is C24H29N3O3. The number of para-hydroxylation sites is 1. The van der Waals surface area contributed by atoms with E-state index in [1.165, 1.54) is 19.3 Å². The van der Waals surface area contributed by atoms with E-state index < -0.39 is 5.79 Å². The Balaban J connectivity index is 1.28. The van der Waals surface area contributed by atoms with Crippen molar-refractivity contribution in [2.24, 2.45) is 0 Å². The summed E-state index contributed by atoms with van der Waals surface area (Å²) in [6.07, 6.45) is 5.90. The van der Waals surface area contributed by atoms with Crippen LogP contribution in [0.4, 0.5) is 11.4 Å². The third kappa shape index (κ3) is 3.66. The molecule has 2 heterocycles. The molecule has 2 N–H and O–H groups in total. The quantitative estimate of drug-likeness (QED) is 0.801. The zero-order valence-corrected chi connectivity index (χ0v) is 17.4. The van der Waals surface area contributed by atoms with E-state index in [1.807, 2.05) is 42.5 Å². The lowest BCUT2D eigenvalue weighted by Gasteiger charge is -2.47. The number of ether oxygens (including phenoxy) is 2. The summed E-state index contributed by atoms with van der Waals surface area (Å²) in [4.78, 5) is 14.7. The Morgan fingerprint density at radius 3 is 2.67 bits per heavy atom. The molecule has 1 aliphatic carbocycles. The van der Waals surface area contributed by atoms with Crippen LogP contribution in [0.25, 0.3) is 0 Å². The largest absolute Gasteiger partial charge is 0.462 e. The van der Waals surface area contributed by atoms with Crippen molar-refractivity contribution in [3.8, 4) is 5.75 Å². The fourth-order valence-electron chi connectivity index (χ4n) is 4.62. The third-order valence-corrected chi connectivity index (χ3v) is 6.68. The maximum Gasteiger partial charge on any atom is 0.253 e. The van der Waals surface area contributed by atoms with Gasteiger partial charge in [0.2, 0.25) is 5.79 Å². The second-order valence-electron chi connectivity index (χ2n) is 8.49. The summed E-state index contributed by atoms with van der Waals surface area (Å²) >= 11 is 0. The Kier molecular flexibility index (Phi) is 5.13. The van der Waals surface area contributed by atoms with Gasteiger partial charge in [-0.15, -0.1) is 0 Å². The summed E-state index contributed by atoms with van der Waals surface area (Å²) in [5.74, 6) is 0.315. The first-order valence-corrected chi connectivity index (χ1v) is 10.9. The summed E-state index contributed by atoms with van der Waals surface area (Å²) in [6, 6.07) is 14.3. The number of hydrogen-bond donors (Lipinski definition) is 2. The molecule has 158 valence electrons. The van der Waals surface area contributed by atoms with Gasteiger partial charge in [0.1, 0.15) is 5.75 Å². The first-order valence-electron chi connectivity index (χ1n) is 10.9. The number of fused-ring (bicyclic) bond motifs is 1. The molecular weight excluding hydrogens is 378 g/mol. The number of rotatable bonds is 4. The van der Waals surface area contributed by atoms with Gasteiger partial charge >= 0.3 is 0 Å². The molecule has 1 saturated carbocycles. The van der Waals surface area contributed by atoms with Crippen molar-refractivity contribution in [1.29, 1.82) is 0 Å². The predicted octanol–water partition coefficient (Wildman–Crippen LogP) is 4.04. The van der Waals surface area contributed by atoms with Gasteiger partial charge in [0.05, 0.1) is 17.9 Å². The number of amides is 1. The Bertz CT molecular complexity index is 933. The number of piperidine rings is 1. The number of anilines is 2. The SMILES string of the molecule is CNC(=O)c1ccccc1Nc1ccc2c(c1)COC1(CCN(C3CCC3)CC1)O2. The van der Waals surface area contributed by atoms with Crippen molar-refractivity contribution in [2.45, 2.75) is 50.5 Å². The summed E-state index contributed by atoms with van der Waals surface area (Å²) in [5.41, 5.74) is 3.33. The molecule has 2 aromatic rings. The van der Waals surface area contributed by atoms with Crippen LogP contribution in [0, 0.1) is 0 Å². The Labute approximate surface area is 177 Å².